The van der Waals surface area contributed by atoms with Gasteiger partial charge < -0.3 is 36.5 Å². The summed E-state index contributed by atoms with van der Waals surface area (Å²) in [6, 6.07) is 45.9. The number of aryl methyl sites for hydroxylation is 3. The van der Waals surface area contributed by atoms with E-state index in [9.17, 15) is 39.6 Å². The maximum Gasteiger partial charge on any atom is 1.00 e. The largest absolute Gasteiger partial charge is 1.00 e. The molecule has 0 saturated carbocycles. The van der Waals surface area contributed by atoms with Gasteiger partial charge in [-0.3, -0.25) is 0 Å². The van der Waals surface area contributed by atoms with E-state index in [1.54, 1.807) is 153 Å². The van der Waals surface area contributed by atoms with Gasteiger partial charge in [-0.15, -0.1) is 11.6 Å². The molecular weight excluding hydrogens is 1200 g/mol. The van der Waals surface area contributed by atoms with E-state index in [0.29, 0.717) is 51.2 Å². The summed E-state index contributed by atoms with van der Waals surface area (Å²) >= 11 is 9.62. The molecule has 0 unspecified atom stereocenters. The molecule has 81 heavy (non-hydrogen) atoms. The second-order valence-corrected chi connectivity index (χ2v) is 28.2. The van der Waals surface area contributed by atoms with Crippen LogP contribution in [0.4, 0.5) is 0 Å². The van der Waals surface area contributed by atoms with Crippen molar-refractivity contribution < 1.29 is 116 Å². The Bertz CT molecular complexity index is 2910. The number of aliphatic hydroxyl groups is 3. The first-order valence-electron chi connectivity index (χ1n) is 25.6. The van der Waals surface area contributed by atoms with Gasteiger partial charge in [0.2, 0.25) is 17.7 Å². The first-order chi connectivity index (χ1) is 38.1. The second kappa shape index (κ2) is 46.0. The number of alkyl halides is 1. The number of hydrogen-bond donors (Lipinski definition) is 3. The predicted molar refractivity (Wildman–Crippen MR) is 326 cm³/mol. The Kier molecular flexibility index (Phi) is 44.1. The average molecular weight is 1270 g/mol. The molecule has 0 spiro atoms. The van der Waals surface area contributed by atoms with Crippen LogP contribution < -0.4 is 51.4 Å². The molecule has 0 bridgehead atoms. The van der Waals surface area contributed by atoms with E-state index in [4.69, 9.17) is 36.4 Å². The SMILES string of the molecule is CCO.Cc1ccc(S(=O)(=O)SCCCCCO)cc1.Cc1ccc(S(=O)(=O)SCCCCCOC(=O)c2ccccc2)cc1.Cc1ccc(S(=O)(=O)[S-])cc1.O=C(OC(=O)c1ccccc1)c1ccccc1.OCCCCCCl.[K+]. The summed E-state index contributed by atoms with van der Waals surface area (Å²) in [5, 5.41) is 24.4. The fourth-order valence-electron chi connectivity index (χ4n) is 5.92. The molecule has 0 atom stereocenters. The third-order valence-corrected chi connectivity index (χ3v) is 19.2. The summed E-state index contributed by atoms with van der Waals surface area (Å²) < 4.78 is 79.6. The Balaban J connectivity index is 0.00000102. The summed E-state index contributed by atoms with van der Waals surface area (Å²) in [6.45, 7) is 8.50. The molecule has 6 aromatic rings. The number of carbonyl (C=O) groups is 3. The van der Waals surface area contributed by atoms with E-state index in [1.165, 1.54) is 12.1 Å². The van der Waals surface area contributed by atoms with E-state index in [-0.39, 0.29) is 75.5 Å². The van der Waals surface area contributed by atoms with Crippen LogP contribution in [0.3, 0.4) is 0 Å². The molecule has 0 aliphatic rings. The Morgan fingerprint density at radius 3 is 1.09 bits per heavy atom. The van der Waals surface area contributed by atoms with E-state index in [0.717, 1.165) is 102 Å². The number of halogens is 1. The Labute approximate surface area is 540 Å². The van der Waals surface area contributed by atoms with Crippen LogP contribution in [0, 0.1) is 20.8 Å². The van der Waals surface area contributed by atoms with Gasteiger partial charge in [0.15, 0.2) is 0 Å². The second-order valence-electron chi connectivity index (χ2n) is 17.0. The Morgan fingerprint density at radius 2 is 0.765 bits per heavy atom. The van der Waals surface area contributed by atoms with Gasteiger partial charge >= 0.3 is 69.3 Å². The van der Waals surface area contributed by atoms with Gasteiger partial charge in [0, 0.05) is 42.1 Å². The van der Waals surface area contributed by atoms with E-state index in [2.05, 4.69) is 11.7 Å². The van der Waals surface area contributed by atoms with E-state index >= 15 is 0 Å². The summed E-state index contributed by atoms with van der Waals surface area (Å²) in [6.07, 6.45) is 7.71. The first kappa shape index (κ1) is 77.6. The summed E-state index contributed by atoms with van der Waals surface area (Å²) in [7, 11) is -7.99. The minimum absolute atomic E-state index is 0. The maximum absolute atomic E-state index is 12.2. The van der Waals surface area contributed by atoms with Crippen LogP contribution in [0.5, 0.6) is 0 Å². The van der Waals surface area contributed by atoms with Gasteiger partial charge in [-0.25, -0.2) is 39.6 Å². The molecule has 6 rings (SSSR count). The van der Waals surface area contributed by atoms with E-state index < -0.39 is 38.5 Å². The molecule has 0 fully saturated rings. The average Bonchev–Trinajstić information content (AvgIpc) is 3.45. The van der Waals surface area contributed by atoms with Crippen molar-refractivity contribution in [2.45, 2.75) is 100 Å². The van der Waals surface area contributed by atoms with Crippen molar-refractivity contribution in [3.63, 3.8) is 0 Å². The number of carbonyl (C=O) groups excluding carboxylic acids is 3. The number of benzene rings is 6. The van der Waals surface area contributed by atoms with Crippen molar-refractivity contribution in [2.24, 2.45) is 0 Å². The molecule has 22 heteroatoms. The molecule has 14 nitrogen and oxygen atoms in total. The molecule has 0 heterocycles. The van der Waals surface area contributed by atoms with Crippen molar-refractivity contribution in [1.29, 1.82) is 0 Å². The molecule has 0 aromatic heterocycles. The van der Waals surface area contributed by atoms with Crippen LogP contribution in [-0.4, -0.2) is 102 Å². The molecule has 0 saturated heterocycles. The molecule has 438 valence electrons. The fourth-order valence-corrected chi connectivity index (χ4v) is 12.7. The number of ether oxygens (including phenoxy) is 2. The summed E-state index contributed by atoms with van der Waals surface area (Å²) in [4.78, 5) is 35.8. The zero-order valence-corrected chi connectivity index (χ0v) is 55.3. The van der Waals surface area contributed by atoms with Crippen molar-refractivity contribution >= 4 is 89.4 Å². The number of rotatable bonds is 23. The minimum atomic E-state index is -3.44. The van der Waals surface area contributed by atoms with Gasteiger partial charge in [0.1, 0.15) is 0 Å². The van der Waals surface area contributed by atoms with Crippen LogP contribution in [0.2, 0.25) is 0 Å². The molecule has 3 N–H and O–H groups in total. The van der Waals surface area contributed by atoms with Gasteiger partial charge in [0.05, 0.1) is 42.0 Å². The van der Waals surface area contributed by atoms with Crippen LogP contribution in [-0.2, 0) is 47.7 Å². The molecular formula is C59H74ClKO14S6. The summed E-state index contributed by atoms with van der Waals surface area (Å²) in [5.41, 5.74) is 4.37. The van der Waals surface area contributed by atoms with Crippen LogP contribution in [0.25, 0.3) is 0 Å². The number of unbranched alkanes of at least 4 members (excludes halogenated alkanes) is 6. The zero-order valence-electron chi connectivity index (χ0n) is 46.6. The molecule has 6 aromatic carbocycles. The number of hydrogen-bond acceptors (Lipinski definition) is 17. The normalized spacial score (nSPS) is 10.5. The molecule has 0 amide bonds. The standard InChI is InChI=1S/C19H22O4S2.C14H10O3.C12H18O3S2.C7H8O2S2.C5H11ClO.C2H6O.K/c1-16-10-12-18(13-11-16)25(21,22)24-15-7-3-6-14-23-19(20)17-8-4-2-5-9-17;15-13(11-7-3-1-4-8-11)17-14(16)12-9-5-2-6-10-12;1-11-5-7-12(8-6-11)17(14,15)16-10-4-2-3-9-13;1-6-2-4-7(5-3-6)11(8,9)10;6-4-2-1-3-5-7;1-2-3;/h2,4-5,8-13H,3,6-7,14-15H2,1H3;1-10H;5-8,13H,2-4,9-10H2,1H3;2-5H,1H3,(H,8,9,10);7H,1-5H2;3H,2H2,1H3;/q;;;;;;+1/p-1. The molecule has 0 radical (unpaired) electrons. The maximum atomic E-state index is 12.2. The number of esters is 3. The van der Waals surface area contributed by atoms with Gasteiger partial charge in [-0.1, -0.05) is 114 Å². The van der Waals surface area contributed by atoms with Crippen LogP contribution in [0.15, 0.2) is 178 Å². The van der Waals surface area contributed by atoms with Gasteiger partial charge in [-0.2, -0.15) is 0 Å². The third-order valence-electron chi connectivity index (χ3n) is 10.2. The number of aliphatic hydroxyl groups excluding tert-OH is 3. The van der Waals surface area contributed by atoms with Crippen molar-refractivity contribution in [3.05, 3.63) is 197 Å². The zero-order chi connectivity index (χ0) is 59.7. The van der Waals surface area contributed by atoms with Crippen LogP contribution in [0.1, 0.15) is 112 Å². The topological polar surface area (TPSA) is 233 Å². The molecule has 0 aliphatic heterocycles. The monoisotopic (exact) mass is 1270 g/mol. The van der Waals surface area contributed by atoms with Crippen LogP contribution >= 0.6 is 33.2 Å². The van der Waals surface area contributed by atoms with Gasteiger partial charge in [-0.05, 0) is 173 Å². The predicted octanol–water partition coefficient (Wildman–Crippen LogP) is 9.33. The first-order valence-corrected chi connectivity index (χ1v) is 34.5. The summed E-state index contributed by atoms with van der Waals surface area (Å²) in [5.74, 6) is 0.231. The van der Waals surface area contributed by atoms with E-state index in [1.807, 2.05) is 26.8 Å². The third kappa shape index (κ3) is 36.8. The quantitative estimate of drug-likeness (QED) is 0.0103. The Hall–Kier alpha value is -3.36. The van der Waals surface area contributed by atoms with Gasteiger partial charge in [0.25, 0.3) is 0 Å². The smallest absolute Gasteiger partial charge is 0.644 e. The van der Waals surface area contributed by atoms with Crippen molar-refractivity contribution in [2.75, 3.05) is 43.8 Å². The van der Waals surface area contributed by atoms with Crippen molar-refractivity contribution in [3.8, 4) is 0 Å². The minimum Gasteiger partial charge on any atom is -0.644 e. The Morgan fingerprint density at radius 1 is 0.457 bits per heavy atom. The fraction of sp³-hybridized carbons (Fsp3) is 0.339. The van der Waals surface area contributed by atoms with Crippen molar-refractivity contribution in [1.82, 2.24) is 0 Å². The molecule has 0 aliphatic carbocycles.